The normalized spacial score (nSPS) is 10.6. The summed E-state index contributed by atoms with van der Waals surface area (Å²) < 4.78 is 0. The van der Waals surface area contributed by atoms with Crippen molar-refractivity contribution in [1.29, 1.82) is 0 Å². The van der Waals surface area contributed by atoms with E-state index in [2.05, 4.69) is 44.7 Å². The van der Waals surface area contributed by atoms with Gasteiger partial charge in [0.25, 0.3) is 0 Å². The molecule has 0 unspecified atom stereocenters. The Morgan fingerprint density at radius 1 is 1.36 bits per heavy atom. The Labute approximate surface area is 86.6 Å². The quantitative estimate of drug-likeness (QED) is 0.773. The van der Waals surface area contributed by atoms with Crippen molar-refractivity contribution < 1.29 is 0 Å². The first-order chi connectivity index (χ1) is 6.66. The Morgan fingerprint density at radius 3 is 2.57 bits per heavy atom. The average Bonchev–Trinajstić information content (AvgIpc) is 2.18. The lowest BCUT2D eigenvalue weighted by Gasteiger charge is -2.13. The largest absolute Gasteiger partial charge is 0.330 e. The Balaban J connectivity index is 3.00. The molecule has 0 heterocycles. The van der Waals surface area contributed by atoms with Gasteiger partial charge in [0.1, 0.15) is 0 Å². The van der Waals surface area contributed by atoms with Gasteiger partial charge < -0.3 is 5.73 Å². The molecule has 0 aromatic heterocycles. The highest BCUT2D eigenvalue weighted by Gasteiger charge is 2.07. The molecule has 0 fully saturated rings. The number of rotatable bonds is 4. The maximum atomic E-state index is 5.53. The highest BCUT2D eigenvalue weighted by molar-refractivity contribution is 5.66. The number of hydrogen-bond donors (Lipinski definition) is 1. The molecule has 1 heteroatoms. The standard InChI is InChI=1S/C13H19N/c1-10(2)12-6-4-5-7-13(12)11(3)8-9-14/h4-7,10H,3,8-9,14H2,1-2H3. The molecule has 14 heavy (non-hydrogen) atoms. The highest BCUT2D eigenvalue weighted by atomic mass is 14.5. The summed E-state index contributed by atoms with van der Waals surface area (Å²) in [6.07, 6.45) is 0.879. The van der Waals surface area contributed by atoms with E-state index in [1.807, 2.05) is 0 Å². The molecular formula is C13H19N. The molecule has 1 nitrogen and oxygen atoms in total. The molecule has 0 bridgehead atoms. The van der Waals surface area contributed by atoms with Crippen LogP contribution < -0.4 is 5.73 Å². The second kappa shape index (κ2) is 4.97. The summed E-state index contributed by atoms with van der Waals surface area (Å²) in [7, 11) is 0. The van der Waals surface area contributed by atoms with Crippen LogP contribution in [0.2, 0.25) is 0 Å². The zero-order valence-corrected chi connectivity index (χ0v) is 9.09. The van der Waals surface area contributed by atoms with Gasteiger partial charge in [-0.1, -0.05) is 44.7 Å². The van der Waals surface area contributed by atoms with E-state index in [4.69, 9.17) is 5.73 Å². The maximum Gasteiger partial charge on any atom is -0.00367 e. The summed E-state index contributed by atoms with van der Waals surface area (Å²) in [6, 6.07) is 8.44. The molecule has 0 aliphatic carbocycles. The molecule has 1 rings (SSSR count). The summed E-state index contributed by atoms with van der Waals surface area (Å²) in [5.41, 5.74) is 9.32. The minimum absolute atomic E-state index is 0.542. The fourth-order valence-corrected chi connectivity index (χ4v) is 1.63. The smallest absolute Gasteiger partial charge is 0.00367 e. The predicted octanol–water partition coefficient (Wildman–Crippen LogP) is 3.17. The van der Waals surface area contributed by atoms with E-state index in [0.29, 0.717) is 12.5 Å². The van der Waals surface area contributed by atoms with E-state index in [0.717, 1.165) is 12.0 Å². The first-order valence-corrected chi connectivity index (χ1v) is 5.14. The van der Waals surface area contributed by atoms with Crippen molar-refractivity contribution in [3.63, 3.8) is 0 Å². The Kier molecular flexibility index (Phi) is 3.90. The van der Waals surface area contributed by atoms with Crippen molar-refractivity contribution in [2.24, 2.45) is 5.73 Å². The maximum absolute atomic E-state index is 5.53. The van der Waals surface area contributed by atoms with E-state index < -0.39 is 0 Å². The van der Waals surface area contributed by atoms with E-state index >= 15 is 0 Å². The monoisotopic (exact) mass is 189 g/mol. The molecule has 1 aromatic carbocycles. The minimum Gasteiger partial charge on any atom is -0.330 e. The van der Waals surface area contributed by atoms with Crippen LogP contribution in [0, 0.1) is 0 Å². The van der Waals surface area contributed by atoms with Crippen LogP contribution in [-0.2, 0) is 0 Å². The molecule has 0 spiro atoms. The van der Waals surface area contributed by atoms with Crippen molar-refractivity contribution in [2.45, 2.75) is 26.2 Å². The third-order valence-electron chi connectivity index (χ3n) is 2.41. The van der Waals surface area contributed by atoms with Crippen LogP contribution in [0.5, 0.6) is 0 Å². The summed E-state index contributed by atoms with van der Waals surface area (Å²) in [5, 5.41) is 0. The third-order valence-corrected chi connectivity index (χ3v) is 2.41. The molecule has 0 saturated carbocycles. The van der Waals surface area contributed by atoms with Gasteiger partial charge in [-0.15, -0.1) is 0 Å². The zero-order chi connectivity index (χ0) is 10.6. The fourth-order valence-electron chi connectivity index (χ4n) is 1.63. The van der Waals surface area contributed by atoms with Gasteiger partial charge in [0, 0.05) is 0 Å². The first-order valence-electron chi connectivity index (χ1n) is 5.14. The van der Waals surface area contributed by atoms with Crippen molar-refractivity contribution in [1.82, 2.24) is 0 Å². The lowest BCUT2D eigenvalue weighted by atomic mass is 9.92. The molecule has 1 aromatic rings. The van der Waals surface area contributed by atoms with Gasteiger partial charge in [0.05, 0.1) is 0 Å². The van der Waals surface area contributed by atoms with Gasteiger partial charge in [-0.2, -0.15) is 0 Å². The lowest BCUT2D eigenvalue weighted by molar-refractivity contribution is 0.860. The molecule has 76 valence electrons. The molecule has 0 aliphatic rings. The van der Waals surface area contributed by atoms with Crippen molar-refractivity contribution >= 4 is 5.57 Å². The van der Waals surface area contributed by atoms with E-state index in [9.17, 15) is 0 Å². The molecule has 0 aliphatic heterocycles. The fraction of sp³-hybridized carbons (Fsp3) is 0.385. The molecule has 0 saturated heterocycles. The van der Waals surface area contributed by atoms with Crippen molar-refractivity contribution in [2.75, 3.05) is 6.54 Å². The second-order valence-electron chi connectivity index (χ2n) is 3.88. The van der Waals surface area contributed by atoms with Gasteiger partial charge in [0.15, 0.2) is 0 Å². The van der Waals surface area contributed by atoms with Crippen LogP contribution in [0.25, 0.3) is 5.57 Å². The zero-order valence-electron chi connectivity index (χ0n) is 9.09. The van der Waals surface area contributed by atoms with Gasteiger partial charge in [0.2, 0.25) is 0 Å². The number of hydrogen-bond acceptors (Lipinski definition) is 1. The van der Waals surface area contributed by atoms with Gasteiger partial charge >= 0.3 is 0 Å². The van der Waals surface area contributed by atoms with Gasteiger partial charge in [-0.3, -0.25) is 0 Å². The summed E-state index contributed by atoms with van der Waals surface area (Å²) in [4.78, 5) is 0. The molecule has 2 N–H and O–H groups in total. The average molecular weight is 189 g/mol. The van der Waals surface area contributed by atoms with Crippen LogP contribution in [0.3, 0.4) is 0 Å². The van der Waals surface area contributed by atoms with Crippen LogP contribution in [0.1, 0.15) is 37.3 Å². The Hall–Kier alpha value is -1.08. The molecular weight excluding hydrogens is 170 g/mol. The third kappa shape index (κ3) is 2.46. The van der Waals surface area contributed by atoms with Crippen molar-refractivity contribution in [3.8, 4) is 0 Å². The molecule has 0 radical (unpaired) electrons. The highest BCUT2D eigenvalue weighted by Crippen LogP contribution is 2.25. The minimum atomic E-state index is 0.542. The van der Waals surface area contributed by atoms with Crippen LogP contribution in [0.15, 0.2) is 30.8 Å². The Morgan fingerprint density at radius 2 is 2.00 bits per heavy atom. The predicted molar refractivity (Wildman–Crippen MR) is 63.2 cm³/mol. The second-order valence-corrected chi connectivity index (χ2v) is 3.88. The topological polar surface area (TPSA) is 26.0 Å². The molecule has 0 atom stereocenters. The van der Waals surface area contributed by atoms with Gasteiger partial charge in [-0.25, -0.2) is 0 Å². The first kappa shape index (κ1) is 11.0. The summed E-state index contributed by atoms with van der Waals surface area (Å²) in [5.74, 6) is 0.542. The van der Waals surface area contributed by atoms with E-state index in [1.54, 1.807) is 0 Å². The van der Waals surface area contributed by atoms with Crippen LogP contribution in [-0.4, -0.2) is 6.54 Å². The lowest BCUT2D eigenvalue weighted by Crippen LogP contribution is -2.01. The number of nitrogens with two attached hydrogens (primary N) is 1. The van der Waals surface area contributed by atoms with Crippen LogP contribution >= 0.6 is 0 Å². The van der Waals surface area contributed by atoms with E-state index in [-0.39, 0.29) is 0 Å². The Bertz CT molecular complexity index is 313. The number of benzene rings is 1. The summed E-state index contributed by atoms with van der Waals surface area (Å²) >= 11 is 0. The van der Waals surface area contributed by atoms with Crippen LogP contribution in [0.4, 0.5) is 0 Å². The van der Waals surface area contributed by atoms with Gasteiger partial charge in [-0.05, 0) is 35.6 Å². The summed E-state index contributed by atoms with van der Waals surface area (Å²) in [6.45, 7) is 9.16. The van der Waals surface area contributed by atoms with E-state index in [1.165, 1.54) is 11.1 Å². The molecule has 0 amide bonds. The SMILES string of the molecule is C=C(CCN)c1ccccc1C(C)C. The van der Waals surface area contributed by atoms with Crippen molar-refractivity contribution in [3.05, 3.63) is 42.0 Å².